The van der Waals surface area contributed by atoms with Crippen LogP contribution >= 0.6 is 0 Å². The summed E-state index contributed by atoms with van der Waals surface area (Å²) in [6, 6.07) is 0. The van der Waals surface area contributed by atoms with Crippen molar-refractivity contribution in [3.8, 4) is 0 Å². The molecule has 1 rings (SSSR count). The van der Waals surface area contributed by atoms with E-state index < -0.39 is 23.9 Å². The summed E-state index contributed by atoms with van der Waals surface area (Å²) < 4.78 is 77.2. The molecule has 7 heteroatoms. The van der Waals surface area contributed by atoms with Crippen LogP contribution in [0.5, 0.6) is 0 Å². The Morgan fingerprint density at radius 3 is 1.36 bits per heavy atom. The summed E-state index contributed by atoms with van der Waals surface area (Å²) >= 11 is 0. The van der Waals surface area contributed by atoms with Crippen molar-refractivity contribution in [1.82, 2.24) is 0 Å². The minimum absolute atomic E-state index is 0.0643. The van der Waals surface area contributed by atoms with Crippen molar-refractivity contribution in [2.24, 2.45) is 23.2 Å². The van der Waals surface area contributed by atoms with Crippen LogP contribution in [0.15, 0.2) is 0 Å². The molecule has 0 unspecified atom stereocenters. The van der Waals surface area contributed by atoms with E-state index in [1.807, 2.05) is 27.7 Å². The highest BCUT2D eigenvalue weighted by atomic mass is 19.4. The second-order valence-corrected chi connectivity index (χ2v) is 7.29. The van der Waals surface area contributed by atoms with Gasteiger partial charge in [0.1, 0.15) is 0 Å². The van der Waals surface area contributed by atoms with Gasteiger partial charge in [-0.05, 0) is 42.9 Å². The van der Waals surface area contributed by atoms with E-state index in [-0.39, 0.29) is 42.9 Å². The molecular weight excluding hydrogens is 310 g/mol. The molecule has 1 aliphatic rings. The summed E-state index contributed by atoms with van der Waals surface area (Å²) in [5.41, 5.74) is -4.76. The van der Waals surface area contributed by atoms with Crippen molar-refractivity contribution in [3.05, 3.63) is 0 Å². The molecule has 0 aromatic rings. The molecule has 0 atom stereocenters. The number of alkyl halides is 6. The van der Waals surface area contributed by atoms with Crippen LogP contribution in [0.4, 0.5) is 26.3 Å². The molecule has 0 amide bonds. The molecular formula is C15H24F6O. The highest BCUT2D eigenvalue weighted by molar-refractivity contribution is 5.01. The van der Waals surface area contributed by atoms with Gasteiger partial charge >= 0.3 is 12.4 Å². The van der Waals surface area contributed by atoms with Crippen LogP contribution < -0.4 is 0 Å². The smallest absolute Gasteiger partial charge is 0.373 e. The van der Waals surface area contributed by atoms with Crippen LogP contribution in [0.1, 0.15) is 53.4 Å². The number of rotatable bonds is 3. The lowest BCUT2D eigenvalue weighted by molar-refractivity contribution is -0.387. The average molecular weight is 334 g/mol. The van der Waals surface area contributed by atoms with Crippen LogP contribution in [0, 0.1) is 23.2 Å². The molecule has 132 valence electrons. The van der Waals surface area contributed by atoms with Gasteiger partial charge in [0.25, 0.3) is 5.60 Å². The van der Waals surface area contributed by atoms with E-state index in [0.29, 0.717) is 0 Å². The monoisotopic (exact) mass is 334 g/mol. The summed E-state index contributed by atoms with van der Waals surface area (Å²) in [7, 11) is 0. The fraction of sp³-hybridized carbons (Fsp3) is 1.00. The van der Waals surface area contributed by atoms with Crippen LogP contribution in [-0.4, -0.2) is 23.1 Å². The molecule has 0 saturated heterocycles. The van der Waals surface area contributed by atoms with Crippen LogP contribution in [-0.2, 0) is 0 Å². The molecule has 1 N–H and O–H groups in total. The molecule has 0 heterocycles. The Morgan fingerprint density at radius 1 is 0.773 bits per heavy atom. The van der Waals surface area contributed by atoms with Crippen molar-refractivity contribution < 1.29 is 31.4 Å². The first-order valence-electron chi connectivity index (χ1n) is 7.51. The minimum atomic E-state index is -5.71. The Morgan fingerprint density at radius 2 is 1.09 bits per heavy atom. The number of hydrogen-bond acceptors (Lipinski definition) is 1. The second-order valence-electron chi connectivity index (χ2n) is 7.29. The Bertz CT molecular complexity index is 360. The number of aliphatic hydroxyl groups is 1. The SMILES string of the molecule is CC(C)C(C)(C)C1CCC(C(O)(C(F)(F)F)C(F)(F)F)CC1. The Labute approximate surface area is 127 Å². The predicted molar refractivity (Wildman–Crippen MR) is 71.1 cm³/mol. The van der Waals surface area contributed by atoms with Gasteiger partial charge in [-0.2, -0.15) is 26.3 Å². The van der Waals surface area contributed by atoms with E-state index in [9.17, 15) is 31.4 Å². The van der Waals surface area contributed by atoms with Gasteiger partial charge < -0.3 is 5.11 Å². The summed E-state index contributed by atoms with van der Waals surface area (Å²) in [6.07, 6.45) is -11.4. The fourth-order valence-corrected chi connectivity index (χ4v) is 3.35. The maximum absolute atomic E-state index is 12.9. The van der Waals surface area contributed by atoms with E-state index in [4.69, 9.17) is 0 Å². The summed E-state index contributed by atoms with van der Waals surface area (Å²) in [5, 5.41) is 9.46. The number of hydrogen-bond donors (Lipinski definition) is 1. The predicted octanol–water partition coefficient (Wildman–Crippen LogP) is 5.33. The van der Waals surface area contributed by atoms with Crippen LogP contribution in [0.3, 0.4) is 0 Å². The van der Waals surface area contributed by atoms with Gasteiger partial charge in [0.15, 0.2) is 0 Å². The first-order valence-corrected chi connectivity index (χ1v) is 7.51. The lowest BCUT2D eigenvalue weighted by atomic mass is 9.62. The minimum Gasteiger partial charge on any atom is -0.373 e. The zero-order valence-corrected chi connectivity index (χ0v) is 13.3. The van der Waals surface area contributed by atoms with Gasteiger partial charge in [-0.3, -0.25) is 0 Å². The first-order chi connectivity index (χ1) is 9.65. The zero-order chi connectivity index (χ0) is 17.6. The van der Waals surface area contributed by atoms with E-state index in [1.54, 1.807) is 0 Å². The third kappa shape index (κ3) is 3.24. The zero-order valence-electron chi connectivity index (χ0n) is 13.3. The summed E-state index contributed by atoms with van der Waals surface area (Å²) in [6.45, 7) is 7.96. The molecule has 0 aromatic carbocycles. The molecule has 0 radical (unpaired) electrons. The highest BCUT2D eigenvalue weighted by Gasteiger charge is 2.73. The van der Waals surface area contributed by atoms with Crippen molar-refractivity contribution in [2.75, 3.05) is 0 Å². The highest BCUT2D eigenvalue weighted by Crippen LogP contribution is 2.54. The molecule has 22 heavy (non-hydrogen) atoms. The van der Waals surface area contributed by atoms with Crippen molar-refractivity contribution in [2.45, 2.75) is 71.3 Å². The van der Waals surface area contributed by atoms with Gasteiger partial charge in [-0.15, -0.1) is 0 Å². The van der Waals surface area contributed by atoms with Crippen molar-refractivity contribution in [1.29, 1.82) is 0 Å². The quantitative estimate of drug-likeness (QED) is 0.692. The Balaban J connectivity index is 2.95. The van der Waals surface area contributed by atoms with E-state index in [0.717, 1.165) is 0 Å². The van der Waals surface area contributed by atoms with E-state index in [2.05, 4.69) is 0 Å². The largest absolute Gasteiger partial charge is 0.426 e. The molecule has 1 saturated carbocycles. The maximum Gasteiger partial charge on any atom is 0.426 e. The van der Waals surface area contributed by atoms with Gasteiger partial charge in [-0.25, -0.2) is 0 Å². The topological polar surface area (TPSA) is 20.2 Å². The lowest BCUT2D eigenvalue weighted by Gasteiger charge is -2.46. The van der Waals surface area contributed by atoms with Crippen molar-refractivity contribution in [3.63, 3.8) is 0 Å². The van der Waals surface area contributed by atoms with E-state index >= 15 is 0 Å². The average Bonchev–Trinajstić information content (AvgIpc) is 2.35. The van der Waals surface area contributed by atoms with Crippen LogP contribution in [0.2, 0.25) is 0 Å². The maximum atomic E-state index is 12.9. The second kappa shape index (κ2) is 5.87. The molecule has 0 aromatic heterocycles. The van der Waals surface area contributed by atoms with Gasteiger partial charge in [-0.1, -0.05) is 27.7 Å². The third-order valence-electron chi connectivity index (χ3n) is 5.72. The molecule has 0 aliphatic heterocycles. The summed E-state index contributed by atoms with van der Waals surface area (Å²) in [4.78, 5) is 0. The first kappa shape index (κ1) is 19.6. The summed E-state index contributed by atoms with van der Waals surface area (Å²) in [5.74, 6) is -1.49. The normalized spacial score (nSPS) is 25.6. The molecule has 0 bridgehead atoms. The Hall–Kier alpha value is -0.460. The van der Waals surface area contributed by atoms with E-state index in [1.165, 1.54) is 0 Å². The molecule has 1 nitrogen and oxygen atoms in total. The third-order valence-corrected chi connectivity index (χ3v) is 5.72. The molecule has 1 fully saturated rings. The number of halogens is 6. The van der Waals surface area contributed by atoms with Gasteiger partial charge in [0.2, 0.25) is 0 Å². The fourth-order valence-electron chi connectivity index (χ4n) is 3.35. The van der Waals surface area contributed by atoms with Crippen LogP contribution in [0.25, 0.3) is 0 Å². The van der Waals surface area contributed by atoms with Gasteiger partial charge in [0, 0.05) is 5.92 Å². The standard InChI is InChI=1S/C15H24F6O/c1-9(2)12(3,4)10-5-7-11(8-6-10)13(22,14(16,17)18)15(19,20)21/h9-11,22H,5-8H2,1-4H3. The lowest BCUT2D eigenvalue weighted by Crippen LogP contribution is -2.62. The van der Waals surface area contributed by atoms with Gasteiger partial charge in [0.05, 0.1) is 0 Å². The Kier molecular flexibility index (Phi) is 5.23. The van der Waals surface area contributed by atoms with Crippen molar-refractivity contribution >= 4 is 0 Å². The molecule has 1 aliphatic carbocycles. The molecule has 0 spiro atoms.